The van der Waals surface area contributed by atoms with Gasteiger partial charge in [-0.25, -0.2) is 4.79 Å². The number of amides is 1. The number of likely N-dealkylation sites (tertiary alicyclic amines) is 1. The van der Waals surface area contributed by atoms with Gasteiger partial charge in [0.25, 0.3) is 0 Å². The highest BCUT2D eigenvalue weighted by atomic mass is 16.6. The summed E-state index contributed by atoms with van der Waals surface area (Å²) < 4.78 is 10.3. The van der Waals surface area contributed by atoms with Crippen LogP contribution in [-0.4, -0.2) is 48.4 Å². The average molecular weight is 282 g/mol. The van der Waals surface area contributed by atoms with E-state index in [1.165, 1.54) is 0 Å². The minimum Gasteiger partial charge on any atom is -0.468 e. The highest BCUT2D eigenvalue weighted by Gasteiger charge is 2.26. The summed E-state index contributed by atoms with van der Waals surface area (Å²) in [6.07, 6.45) is 3.05. The zero-order chi connectivity index (χ0) is 14.4. The molecular formula is C14H22N2O4. The molecule has 6 nitrogen and oxygen atoms in total. The largest absolute Gasteiger partial charge is 0.468 e. The Bertz CT molecular complexity index is 399. The molecule has 0 saturated carbocycles. The van der Waals surface area contributed by atoms with Crippen molar-refractivity contribution in [1.29, 1.82) is 0 Å². The van der Waals surface area contributed by atoms with Gasteiger partial charge in [-0.2, -0.15) is 0 Å². The number of piperidine rings is 1. The van der Waals surface area contributed by atoms with Crippen LogP contribution in [0.4, 0.5) is 4.79 Å². The van der Waals surface area contributed by atoms with Gasteiger partial charge in [0.2, 0.25) is 0 Å². The number of nitrogens with one attached hydrogen (secondary N) is 1. The number of carbonyl (C=O) groups excluding carboxylic acids is 1. The Morgan fingerprint density at radius 1 is 1.60 bits per heavy atom. The maximum absolute atomic E-state index is 11.6. The fourth-order valence-corrected chi connectivity index (χ4v) is 2.44. The summed E-state index contributed by atoms with van der Waals surface area (Å²) in [7, 11) is 0. The van der Waals surface area contributed by atoms with Gasteiger partial charge < -0.3 is 24.5 Å². The third-order valence-corrected chi connectivity index (χ3v) is 3.53. The molecule has 0 spiro atoms. The van der Waals surface area contributed by atoms with Gasteiger partial charge in [-0.05, 0) is 31.9 Å². The fourth-order valence-electron chi connectivity index (χ4n) is 2.44. The van der Waals surface area contributed by atoms with E-state index in [2.05, 4.69) is 5.32 Å². The van der Waals surface area contributed by atoms with E-state index in [1.54, 1.807) is 18.1 Å². The van der Waals surface area contributed by atoms with Gasteiger partial charge in [0.1, 0.15) is 5.76 Å². The molecule has 1 aromatic rings. The summed E-state index contributed by atoms with van der Waals surface area (Å²) in [5.41, 5.74) is 0. The third kappa shape index (κ3) is 3.74. The van der Waals surface area contributed by atoms with Crippen LogP contribution in [-0.2, 0) is 4.74 Å². The first-order chi connectivity index (χ1) is 9.74. The molecule has 0 radical (unpaired) electrons. The van der Waals surface area contributed by atoms with Gasteiger partial charge in [-0.1, -0.05) is 0 Å². The van der Waals surface area contributed by atoms with E-state index in [-0.39, 0.29) is 24.8 Å². The lowest BCUT2D eigenvalue weighted by atomic mass is 10.0. The number of furan rings is 1. The predicted molar refractivity (Wildman–Crippen MR) is 73.3 cm³/mol. The van der Waals surface area contributed by atoms with Gasteiger partial charge in [-0.15, -0.1) is 0 Å². The molecule has 1 saturated heterocycles. The monoisotopic (exact) mass is 282 g/mol. The summed E-state index contributed by atoms with van der Waals surface area (Å²) in [6.45, 7) is 3.55. The van der Waals surface area contributed by atoms with E-state index >= 15 is 0 Å². The maximum atomic E-state index is 11.6. The lowest BCUT2D eigenvalue weighted by molar-refractivity contribution is 0.0922. The number of aliphatic hydroxyl groups excluding tert-OH is 1. The second-order valence-corrected chi connectivity index (χ2v) is 4.88. The molecular weight excluding hydrogens is 260 g/mol. The quantitative estimate of drug-likeness (QED) is 0.856. The van der Waals surface area contributed by atoms with Crippen molar-refractivity contribution in [1.82, 2.24) is 10.2 Å². The summed E-state index contributed by atoms with van der Waals surface area (Å²) in [5.74, 6) is 0.736. The molecule has 0 aromatic carbocycles. The van der Waals surface area contributed by atoms with E-state index in [0.29, 0.717) is 19.7 Å². The first-order valence-corrected chi connectivity index (χ1v) is 7.06. The van der Waals surface area contributed by atoms with Crippen molar-refractivity contribution >= 4 is 6.09 Å². The van der Waals surface area contributed by atoms with Crippen LogP contribution in [0.15, 0.2) is 22.8 Å². The number of carbonyl (C=O) groups is 1. The van der Waals surface area contributed by atoms with Crippen LogP contribution in [0.1, 0.15) is 31.6 Å². The topological polar surface area (TPSA) is 74.9 Å². The van der Waals surface area contributed by atoms with E-state index in [1.807, 2.05) is 12.1 Å². The van der Waals surface area contributed by atoms with E-state index < -0.39 is 0 Å². The lowest BCUT2D eigenvalue weighted by Gasteiger charge is -2.33. The van der Waals surface area contributed by atoms with Gasteiger partial charge >= 0.3 is 6.09 Å². The van der Waals surface area contributed by atoms with Crippen LogP contribution in [0.25, 0.3) is 0 Å². The Kier molecular flexibility index (Phi) is 5.43. The predicted octanol–water partition coefficient (Wildman–Crippen LogP) is 1.52. The van der Waals surface area contributed by atoms with Crippen LogP contribution >= 0.6 is 0 Å². The standard InChI is InChI=1S/C14H22N2O4/c1-2-19-14(18)16-7-5-11(6-8-16)15-12(10-17)13-4-3-9-20-13/h3-4,9,11-12,15,17H,2,5-8,10H2,1H3/t12-/m1/s1. The summed E-state index contributed by atoms with van der Waals surface area (Å²) in [5, 5.41) is 12.8. The zero-order valence-corrected chi connectivity index (χ0v) is 11.7. The third-order valence-electron chi connectivity index (χ3n) is 3.53. The normalized spacial score (nSPS) is 18.0. The van der Waals surface area contributed by atoms with Crippen molar-refractivity contribution < 1.29 is 19.1 Å². The van der Waals surface area contributed by atoms with Crippen molar-refractivity contribution in [2.75, 3.05) is 26.3 Å². The Balaban J connectivity index is 1.80. The molecule has 1 fully saturated rings. The number of aliphatic hydroxyl groups is 1. The number of ether oxygens (including phenoxy) is 1. The molecule has 2 N–H and O–H groups in total. The van der Waals surface area contributed by atoms with Gasteiger partial charge in [0, 0.05) is 19.1 Å². The zero-order valence-electron chi connectivity index (χ0n) is 11.7. The number of rotatable bonds is 5. The lowest BCUT2D eigenvalue weighted by Crippen LogP contribution is -2.46. The van der Waals surface area contributed by atoms with Gasteiger partial charge in [-0.3, -0.25) is 0 Å². The summed E-state index contributed by atoms with van der Waals surface area (Å²) >= 11 is 0. The van der Waals surface area contributed by atoms with Crippen LogP contribution in [0, 0.1) is 0 Å². The molecule has 1 amide bonds. The SMILES string of the molecule is CCOC(=O)N1CCC(N[C@H](CO)c2ccco2)CC1. The van der Waals surface area contributed by atoms with Crippen LogP contribution in [0.2, 0.25) is 0 Å². The second-order valence-electron chi connectivity index (χ2n) is 4.88. The Morgan fingerprint density at radius 2 is 2.35 bits per heavy atom. The van der Waals surface area contributed by atoms with Crippen LogP contribution in [0.3, 0.4) is 0 Å². The average Bonchev–Trinajstić information content (AvgIpc) is 2.99. The highest BCUT2D eigenvalue weighted by Crippen LogP contribution is 2.18. The van der Waals surface area contributed by atoms with E-state index in [0.717, 1.165) is 18.6 Å². The highest BCUT2D eigenvalue weighted by molar-refractivity contribution is 5.67. The minimum absolute atomic E-state index is 0.00833. The van der Waals surface area contributed by atoms with E-state index in [9.17, 15) is 9.90 Å². The first-order valence-electron chi connectivity index (χ1n) is 7.06. The molecule has 20 heavy (non-hydrogen) atoms. The van der Waals surface area contributed by atoms with Crippen molar-refractivity contribution in [3.63, 3.8) is 0 Å². The molecule has 1 aromatic heterocycles. The van der Waals surface area contributed by atoms with Crippen molar-refractivity contribution in [2.45, 2.75) is 31.8 Å². The Hall–Kier alpha value is -1.53. The summed E-state index contributed by atoms with van der Waals surface area (Å²) in [6, 6.07) is 3.73. The van der Waals surface area contributed by atoms with Crippen molar-refractivity contribution in [2.24, 2.45) is 0 Å². The Labute approximate surface area is 118 Å². The fraction of sp³-hybridized carbons (Fsp3) is 0.643. The van der Waals surface area contributed by atoms with Crippen molar-refractivity contribution in [3.05, 3.63) is 24.2 Å². The molecule has 6 heteroatoms. The van der Waals surface area contributed by atoms with Crippen LogP contribution < -0.4 is 5.32 Å². The second kappa shape index (κ2) is 7.31. The molecule has 1 atom stereocenters. The molecule has 0 bridgehead atoms. The number of hydrogen-bond acceptors (Lipinski definition) is 5. The molecule has 0 aliphatic carbocycles. The molecule has 2 rings (SSSR count). The van der Waals surface area contributed by atoms with Gasteiger partial charge in [0.15, 0.2) is 0 Å². The molecule has 0 unspecified atom stereocenters. The first kappa shape index (κ1) is 14.9. The smallest absolute Gasteiger partial charge is 0.409 e. The Morgan fingerprint density at radius 3 is 2.90 bits per heavy atom. The molecule has 1 aliphatic rings. The number of nitrogens with zero attached hydrogens (tertiary/aromatic N) is 1. The van der Waals surface area contributed by atoms with Crippen LogP contribution in [0.5, 0.6) is 0 Å². The minimum atomic E-state index is -0.240. The summed E-state index contributed by atoms with van der Waals surface area (Å²) in [4.78, 5) is 13.3. The van der Waals surface area contributed by atoms with Crippen molar-refractivity contribution in [3.8, 4) is 0 Å². The molecule has 1 aliphatic heterocycles. The maximum Gasteiger partial charge on any atom is 0.409 e. The molecule has 112 valence electrons. The molecule has 2 heterocycles. The van der Waals surface area contributed by atoms with Gasteiger partial charge in [0.05, 0.1) is 25.5 Å². The van der Waals surface area contributed by atoms with E-state index in [4.69, 9.17) is 9.15 Å². The number of hydrogen-bond donors (Lipinski definition) is 2.